The molecule has 2 heterocycles. The van der Waals surface area contributed by atoms with Crippen LogP contribution in [0.4, 0.5) is 0 Å². The van der Waals surface area contributed by atoms with Gasteiger partial charge in [0.05, 0.1) is 19.1 Å². The van der Waals surface area contributed by atoms with Crippen molar-refractivity contribution < 1.29 is 9.15 Å². The molecule has 3 aromatic rings. The normalized spacial score (nSPS) is 13.5. The van der Waals surface area contributed by atoms with Crippen LogP contribution in [0.3, 0.4) is 0 Å². The van der Waals surface area contributed by atoms with Crippen LogP contribution >= 0.6 is 0 Å². The van der Waals surface area contributed by atoms with Gasteiger partial charge in [-0.05, 0) is 53.5 Å². The molecule has 0 aliphatic rings. The van der Waals surface area contributed by atoms with E-state index in [1.165, 1.54) is 11.1 Å². The molecule has 0 N–H and O–H groups in total. The van der Waals surface area contributed by atoms with Crippen molar-refractivity contribution in [1.82, 2.24) is 4.98 Å². The maximum absolute atomic E-state index is 5.89. The van der Waals surface area contributed by atoms with E-state index in [9.17, 15) is 0 Å². The monoisotopic (exact) mass is 335 g/mol. The minimum Gasteiger partial charge on any atom is -0.472 e. The molecule has 3 rings (SSSR count). The van der Waals surface area contributed by atoms with Crippen LogP contribution in [-0.2, 0) is 11.3 Å². The molecule has 3 heteroatoms. The van der Waals surface area contributed by atoms with Crippen molar-refractivity contribution in [3.63, 3.8) is 0 Å². The Hall–Kier alpha value is -2.39. The summed E-state index contributed by atoms with van der Waals surface area (Å²) in [5.41, 5.74) is 3.76. The molecule has 0 fully saturated rings. The predicted octanol–water partition coefficient (Wildman–Crippen LogP) is 5.56. The van der Waals surface area contributed by atoms with E-state index < -0.39 is 0 Å². The molecule has 0 saturated heterocycles. The van der Waals surface area contributed by atoms with Crippen molar-refractivity contribution >= 4 is 0 Å². The molecule has 2 aromatic heterocycles. The molecule has 0 aliphatic carbocycles. The molecule has 2 atom stereocenters. The molecule has 3 nitrogen and oxygen atoms in total. The molecule has 0 amide bonds. The lowest BCUT2D eigenvalue weighted by Gasteiger charge is -2.21. The number of hydrogen-bond acceptors (Lipinski definition) is 3. The summed E-state index contributed by atoms with van der Waals surface area (Å²) in [7, 11) is 0. The molecule has 0 unspecified atom stereocenters. The van der Waals surface area contributed by atoms with Gasteiger partial charge in [0.25, 0.3) is 0 Å². The second-order valence-corrected chi connectivity index (χ2v) is 6.50. The highest BCUT2D eigenvalue weighted by Gasteiger charge is 2.17. The third-order valence-electron chi connectivity index (χ3n) is 4.62. The van der Waals surface area contributed by atoms with Crippen LogP contribution in [0.15, 0.2) is 77.9 Å². The largest absolute Gasteiger partial charge is 0.472 e. The van der Waals surface area contributed by atoms with E-state index in [1.54, 1.807) is 12.5 Å². The number of hydrogen-bond donors (Lipinski definition) is 0. The third kappa shape index (κ3) is 5.30. The van der Waals surface area contributed by atoms with E-state index in [1.807, 2.05) is 24.6 Å². The van der Waals surface area contributed by atoms with Crippen molar-refractivity contribution in [3.8, 4) is 0 Å². The maximum atomic E-state index is 5.89. The lowest BCUT2D eigenvalue weighted by molar-refractivity contribution is 0.112. The second-order valence-electron chi connectivity index (χ2n) is 6.50. The molecule has 0 saturated carbocycles. The van der Waals surface area contributed by atoms with Gasteiger partial charge in [-0.15, -0.1) is 0 Å². The highest BCUT2D eigenvalue weighted by Crippen LogP contribution is 2.32. The van der Waals surface area contributed by atoms with Crippen LogP contribution in [0.1, 0.15) is 48.3 Å². The van der Waals surface area contributed by atoms with Crippen LogP contribution in [0, 0.1) is 0 Å². The van der Waals surface area contributed by atoms with Crippen molar-refractivity contribution in [2.75, 3.05) is 6.61 Å². The first-order valence-electron chi connectivity index (χ1n) is 8.86. The van der Waals surface area contributed by atoms with Gasteiger partial charge in [0.2, 0.25) is 0 Å². The summed E-state index contributed by atoms with van der Waals surface area (Å²) in [5, 5.41) is 0. The van der Waals surface area contributed by atoms with Crippen LogP contribution in [-0.4, -0.2) is 11.6 Å². The van der Waals surface area contributed by atoms with Gasteiger partial charge in [-0.25, -0.2) is 0 Å². The molecular formula is C22H25NO2. The van der Waals surface area contributed by atoms with Gasteiger partial charge in [-0.3, -0.25) is 4.98 Å². The SMILES string of the molecule is C[C@@H](C[C@H](CCOCc1cccnc1)c1ccccc1)c1ccoc1. The summed E-state index contributed by atoms with van der Waals surface area (Å²) >= 11 is 0. The fourth-order valence-corrected chi connectivity index (χ4v) is 3.16. The summed E-state index contributed by atoms with van der Waals surface area (Å²) in [6, 6.07) is 16.8. The van der Waals surface area contributed by atoms with E-state index in [-0.39, 0.29) is 0 Å². The molecule has 1 aromatic carbocycles. The molecule has 0 aliphatic heterocycles. The first-order valence-corrected chi connectivity index (χ1v) is 8.86. The Kier molecular flexibility index (Phi) is 6.41. The number of benzene rings is 1. The van der Waals surface area contributed by atoms with Crippen LogP contribution in [0.5, 0.6) is 0 Å². The van der Waals surface area contributed by atoms with Gasteiger partial charge in [0, 0.05) is 19.0 Å². The van der Waals surface area contributed by atoms with E-state index in [0.29, 0.717) is 18.4 Å². The van der Waals surface area contributed by atoms with E-state index in [4.69, 9.17) is 9.15 Å². The summed E-state index contributed by atoms with van der Waals surface area (Å²) in [6.45, 7) is 3.62. The third-order valence-corrected chi connectivity index (χ3v) is 4.62. The fourth-order valence-electron chi connectivity index (χ4n) is 3.16. The summed E-state index contributed by atoms with van der Waals surface area (Å²) in [4.78, 5) is 4.13. The van der Waals surface area contributed by atoms with E-state index in [2.05, 4.69) is 48.3 Å². The van der Waals surface area contributed by atoms with Gasteiger partial charge < -0.3 is 9.15 Å². The summed E-state index contributed by atoms with van der Waals surface area (Å²) < 4.78 is 11.1. The molecule has 0 radical (unpaired) electrons. The Bertz CT molecular complexity index is 710. The zero-order valence-corrected chi connectivity index (χ0v) is 14.7. The van der Waals surface area contributed by atoms with Gasteiger partial charge in [0.15, 0.2) is 0 Å². The van der Waals surface area contributed by atoms with Crippen molar-refractivity contribution in [2.24, 2.45) is 0 Å². The Morgan fingerprint density at radius 3 is 2.64 bits per heavy atom. The zero-order chi connectivity index (χ0) is 17.3. The summed E-state index contributed by atoms with van der Waals surface area (Å²) in [5.74, 6) is 0.933. The first-order chi connectivity index (χ1) is 12.3. The number of nitrogens with zero attached hydrogens (tertiary/aromatic N) is 1. The number of furan rings is 1. The Balaban J connectivity index is 1.57. The molecule has 25 heavy (non-hydrogen) atoms. The van der Waals surface area contributed by atoms with Crippen molar-refractivity contribution in [2.45, 2.75) is 38.2 Å². The van der Waals surface area contributed by atoms with Gasteiger partial charge in [-0.2, -0.15) is 0 Å². The Morgan fingerprint density at radius 1 is 1.04 bits per heavy atom. The van der Waals surface area contributed by atoms with Crippen LogP contribution in [0.25, 0.3) is 0 Å². The molecular weight excluding hydrogens is 310 g/mol. The Morgan fingerprint density at radius 2 is 1.92 bits per heavy atom. The van der Waals surface area contributed by atoms with Gasteiger partial charge >= 0.3 is 0 Å². The molecule has 130 valence electrons. The highest BCUT2D eigenvalue weighted by atomic mass is 16.5. The average molecular weight is 335 g/mol. The molecule has 0 bridgehead atoms. The van der Waals surface area contributed by atoms with E-state index >= 15 is 0 Å². The highest BCUT2D eigenvalue weighted by molar-refractivity contribution is 5.21. The van der Waals surface area contributed by atoms with Gasteiger partial charge in [-0.1, -0.05) is 43.3 Å². The van der Waals surface area contributed by atoms with Gasteiger partial charge in [0.1, 0.15) is 0 Å². The van der Waals surface area contributed by atoms with Crippen molar-refractivity contribution in [3.05, 3.63) is 90.1 Å². The van der Waals surface area contributed by atoms with Crippen LogP contribution < -0.4 is 0 Å². The quantitative estimate of drug-likeness (QED) is 0.480. The fraction of sp³-hybridized carbons (Fsp3) is 0.318. The Labute approximate surface area is 149 Å². The number of rotatable bonds is 9. The van der Waals surface area contributed by atoms with E-state index in [0.717, 1.165) is 25.0 Å². The standard InChI is InChI=1S/C22H25NO2/c1-18(22-10-13-25-17-22)14-21(20-7-3-2-4-8-20)9-12-24-16-19-6-5-11-23-15-19/h2-8,10-11,13,15,17-18,21H,9,12,14,16H2,1H3/t18-,21-/m0/s1. The van der Waals surface area contributed by atoms with Crippen LogP contribution in [0.2, 0.25) is 0 Å². The lowest BCUT2D eigenvalue weighted by Crippen LogP contribution is -2.08. The number of pyridine rings is 1. The smallest absolute Gasteiger partial charge is 0.0937 e. The lowest BCUT2D eigenvalue weighted by atomic mass is 9.85. The molecule has 0 spiro atoms. The second kappa shape index (κ2) is 9.19. The van der Waals surface area contributed by atoms with Crippen molar-refractivity contribution in [1.29, 1.82) is 0 Å². The number of ether oxygens (including phenoxy) is 1. The minimum atomic E-state index is 0.460. The topological polar surface area (TPSA) is 35.3 Å². The first kappa shape index (κ1) is 17.4. The average Bonchev–Trinajstić information content (AvgIpc) is 3.20. The maximum Gasteiger partial charge on any atom is 0.0937 e. The predicted molar refractivity (Wildman–Crippen MR) is 99.4 cm³/mol. The minimum absolute atomic E-state index is 0.460. The summed E-state index contributed by atoms with van der Waals surface area (Å²) in [6.07, 6.45) is 9.33. The number of aromatic nitrogens is 1. The zero-order valence-electron chi connectivity index (χ0n) is 14.7.